The molecule has 2 N–H and O–H groups in total. The van der Waals surface area contributed by atoms with Gasteiger partial charge in [-0.1, -0.05) is 30.3 Å². The van der Waals surface area contributed by atoms with Gasteiger partial charge in [-0.2, -0.15) is 0 Å². The highest BCUT2D eigenvalue weighted by atomic mass is 14.8. The summed E-state index contributed by atoms with van der Waals surface area (Å²) >= 11 is 0. The molecule has 2 heteroatoms. The molecule has 1 aromatic heterocycles. The van der Waals surface area contributed by atoms with Gasteiger partial charge >= 0.3 is 0 Å². The third kappa shape index (κ3) is 3.48. The van der Waals surface area contributed by atoms with Gasteiger partial charge in [0.15, 0.2) is 12.4 Å². The first kappa shape index (κ1) is 10.8. The molecule has 0 saturated carbocycles. The van der Waals surface area contributed by atoms with Crippen molar-refractivity contribution in [3.63, 3.8) is 0 Å². The predicted octanol–water partition coefficient (Wildman–Crippen LogP) is 1.83. The van der Waals surface area contributed by atoms with E-state index in [0.29, 0.717) is 0 Å². The van der Waals surface area contributed by atoms with Crippen molar-refractivity contribution in [2.24, 2.45) is 0 Å². The van der Waals surface area contributed by atoms with Gasteiger partial charge in [0.2, 0.25) is 0 Å². The molecule has 2 rings (SSSR count). The van der Waals surface area contributed by atoms with Crippen LogP contribution in [0.4, 0.5) is 0 Å². The van der Waals surface area contributed by atoms with Crippen LogP contribution >= 0.6 is 0 Å². The second-order valence-corrected chi connectivity index (χ2v) is 3.82. The van der Waals surface area contributed by atoms with E-state index in [1.165, 1.54) is 11.1 Å². The first-order valence-electron chi connectivity index (χ1n) is 5.65. The maximum atomic E-state index is 3.44. The molecule has 0 aliphatic rings. The number of hydrogen-bond acceptors (Lipinski definition) is 1. The van der Waals surface area contributed by atoms with Crippen LogP contribution in [-0.2, 0) is 13.0 Å². The molecule has 2 nitrogen and oxygen atoms in total. The molecule has 0 unspecified atom stereocenters. The molecule has 0 amide bonds. The largest absolute Gasteiger partial charge is 0.312 e. The lowest BCUT2D eigenvalue weighted by atomic mass is 10.2. The summed E-state index contributed by atoms with van der Waals surface area (Å²) in [5, 5.41) is 3.44. The Kier molecular flexibility index (Phi) is 4.08. The Hall–Kier alpha value is -1.67. The van der Waals surface area contributed by atoms with E-state index in [0.717, 1.165) is 19.5 Å². The summed E-state index contributed by atoms with van der Waals surface area (Å²) in [5.41, 5.74) is 2.70. The third-order valence-electron chi connectivity index (χ3n) is 2.55. The van der Waals surface area contributed by atoms with E-state index in [4.69, 9.17) is 0 Å². The van der Waals surface area contributed by atoms with Gasteiger partial charge in [0.1, 0.15) is 0 Å². The van der Waals surface area contributed by atoms with Gasteiger partial charge in [0, 0.05) is 18.7 Å². The molecular weight excluding hydrogens is 196 g/mol. The first-order valence-corrected chi connectivity index (χ1v) is 5.65. The number of aromatic nitrogens is 1. The van der Waals surface area contributed by atoms with Gasteiger partial charge in [0.25, 0.3) is 0 Å². The maximum absolute atomic E-state index is 3.44. The molecule has 1 aromatic carbocycles. The molecule has 0 aliphatic heterocycles. The van der Waals surface area contributed by atoms with Crippen LogP contribution in [0.2, 0.25) is 0 Å². The molecule has 0 bridgehead atoms. The van der Waals surface area contributed by atoms with Crippen LogP contribution in [0.1, 0.15) is 11.1 Å². The number of rotatable bonds is 5. The second kappa shape index (κ2) is 6.03. The smallest absolute Gasteiger partial charge is 0.167 e. The van der Waals surface area contributed by atoms with Crippen LogP contribution in [0, 0.1) is 0 Å². The summed E-state index contributed by atoms with van der Waals surface area (Å²) < 4.78 is 0. The number of hydrogen-bond donors (Lipinski definition) is 1. The second-order valence-electron chi connectivity index (χ2n) is 3.82. The number of benzene rings is 1. The zero-order valence-corrected chi connectivity index (χ0v) is 9.32. The minimum absolute atomic E-state index is 0.944. The summed E-state index contributed by atoms with van der Waals surface area (Å²) in [6.07, 6.45) is 5.00. The zero-order valence-electron chi connectivity index (χ0n) is 9.32. The molecule has 0 saturated heterocycles. The number of nitrogens with one attached hydrogen (secondary N) is 2. The monoisotopic (exact) mass is 213 g/mol. The fourth-order valence-corrected chi connectivity index (χ4v) is 1.65. The van der Waals surface area contributed by atoms with E-state index >= 15 is 0 Å². The van der Waals surface area contributed by atoms with Crippen molar-refractivity contribution in [1.29, 1.82) is 0 Å². The summed E-state index contributed by atoms with van der Waals surface area (Å²) in [6.45, 7) is 1.96. The Morgan fingerprint density at radius 2 is 1.62 bits per heavy atom. The summed E-state index contributed by atoms with van der Waals surface area (Å²) in [4.78, 5) is 3.03. The topological polar surface area (TPSA) is 26.2 Å². The average molecular weight is 213 g/mol. The fraction of sp³-hybridized carbons (Fsp3) is 0.214. The Balaban J connectivity index is 1.70. The van der Waals surface area contributed by atoms with E-state index in [1.807, 2.05) is 18.5 Å². The van der Waals surface area contributed by atoms with Gasteiger partial charge in [0.05, 0.1) is 0 Å². The van der Waals surface area contributed by atoms with Crippen molar-refractivity contribution in [1.82, 2.24) is 5.32 Å². The lowest BCUT2D eigenvalue weighted by Gasteiger charge is -2.04. The van der Waals surface area contributed by atoms with E-state index in [2.05, 4.69) is 46.7 Å². The predicted molar refractivity (Wildman–Crippen MR) is 64.9 cm³/mol. The standard InChI is InChI=1S/C14H16N2/c1-2-4-14(5-3-1)12-16-11-8-13-6-9-15-10-7-13/h1-7,9-10,16H,8,11-12H2/p+1. The zero-order chi connectivity index (χ0) is 11.1. The fourth-order valence-electron chi connectivity index (χ4n) is 1.65. The molecule has 0 atom stereocenters. The van der Waals surface area contributed by atoms with Crippen molar-refractivity contribution < 1.29 is 4.98 Å². The number of pyridine rings is 1. The summed E-state index contributed by atoms with van der Waals surface area (Å²) in [7, 11) is 0. The Labute approximate surface area is 96.4 Å². The molecule has 0 fully saturated rings. The molecule has 0 radical (unpaired) electrons. The van der Waals surface area contributed by atoms with Crippen LogP contribution < -0.4 is 10.3 Å². The van der Waals surface area contributed by atoms with Gasteiger partial charge < -0.3 is 5.32 Å². The Morgan fingerprint density at radius 1 is 0.875 bits per heavy atom. The third-order valence-corrected chi connectivity index (χ3v) is 2.55. The molecule has 1 heterocycles. The van der Waals surface area contributed by atoms with E-state index in [-0.39, 0.29) is 0 Å². The summed E-state index contributed by atoms with van der Waals surface area (Å²) in [6, 6.07) is 14.7. The van der Waals surface area contributed by atoms with Crippen molar-refractivity contribution in [2.75, 3.05) is 6.54 Å². The molecule has 2 aromatic rings. The minimum Gasteiger partial charge on any atom is -0.312 e. The maximum Gasteiger partial charge on any atom is 0.167 e. The van der Waals surface area contributed by atoms with Crippen molar-refractivity contribution in [2.45, 2.75) is 13.0 Å². The number of aromatic amines is 1. The van der Waals surface area contributed by atoms with Gasteiger partial charge in [-0.25, -0.2) is 4.98 Å². The van der Waals surface area contributed by atoms with E-state index in [9.17, 15) is 0 Å². The van der Waals surface area contributed by atoms with Crippen molar-refractivity contribution in [3.8, 4) is 0 Å². The van der Waals surface area contributed by atoms with Crippen LogP contribution in [0.25, 0.3) is 0 Å². The Morgan fingerprint density at radius 3 is 2.38 bits per heavy atom. The van der Waals surface area contributed by atoms with Crippen molar-refractivity contribution >= 4 is 0 Å². The van der Waals surface area contributed by atoms with Crippen LogP contribution in [0.15, 0.2) is 54.9 Å². The average Bonchev–Trinajstić information content (AvgIpc) is 2.37. The lowest BCUT2D eigenvalue weighted by Crippen LogP contribution is -2.16. The minimum atomic E-state index is 0.944. The Bertz CT molecular complexity index is 356. The quantitative estimate of drug-likeness (QED) is 0.753. The molecule has 82 valence electrons. The SMILES string of the molecule is c1ccc(CNCCc2cc[nH+]cc2)cc1. The van der Waals surface area contributed by atoms with Crippen LogP contribution in [0.3, 0.4) is 0 Å². The highest BCUT2D eigenvalue weighted by Crippen LogP contribution is 1.98. The number of H-pyrrole nitrogens is 1. The summed E-state index contributed by atoms with van der Waals surface area (Å²) in [5.74, 6) is 0. The molecule has 0 spiro atoms. The van der Waals surface area contributed by atoms with Gasteiger partial charge in [-0.05, 0) is 24.1 Å². The highest BCUT2D eigenvalue weighted by Gasteiger charge is 1.94. The highest BCUT2D eigenvalue weighted by molar-refractivity contribution is 5.14. The molecule has 16 heavy (non-hydrogen) atoms. The normalized spacial score (nSPS) is 10.2. The van der Waals surface area contributed by atoms with Gasteiger partial charge in [-0.15, -0.1) is 0 Å². The van der Waals surface area contributed by atoms with Crippen molar-refractivity contribution in [3.05, 3.63) is 66.0 Å². The lowest BCUT2D eigenvalue weighted by molar-refractivity contribution is -0.378. The van der Waals surface area contributed by atoms with E-state index in [1.54, 1.807) is 0 Å². The molecular formula is C14H17N2+. The van der Waals surface area contributed by atoms with E-state index < -0.39 is 0 Å². The van der Waals surface area contributed by atoms with Crippen LogP contribution in [-0.4, -0.2) is 6.54 Å². The van der Waals surface area contributed by atoms with Crippen LogP contribution in [0.5, 0.6) is 0 Å². The van der Waals surface area contributed by atoms with Gasteiger partial charge in [-0.3, -0.25) is 0 Å². The molecule has 0 aliphatic carbocycles. The first-order chi connectivity index (χ1) is 7.95.